The Labute approximate surface area is 126 Å². The number of nitrogens with zero attached hydrogens (tertiary/aromatic N) is 3. The van der Waals surface area contributed by atoms with E-state index in [1.165, 1.54) is 10.9 Å². The van der Waals surface area contributed by atoms with Crippen molar-refractivity contribution in [3.05, 3.63) is 72.2 Å². The lowest BCUT2D eigenvalue weighted by atomic mass is 10.3. The highest BCUT2D eigenvalue weighted by atomic mass is 16.5. The molecule has 0 fully saturated rings. The smallest absolute Gasteiger partial charge is 0.342 e. The van der Waals surface area contributed by atoms with Crippen LogP contribution in [0.2, 0.25) is 0 Å². The molecule has 0 aliphatic carbocycles. The normalized spacial score (nSPS) is 10.4. The summed E-state index contributed by atoms with van der Waals surface area (Å²) in [5, 5.41) is 13.4. The summed E-state index contributed by atoms with van der Waals surface area (Å²) in [6.07, 6.45) is 4.62. The zero-order valence-electron chi connectivity index (χ0n) is 11.6. The minimum atomic E-state index is -1.08. The van der Waals surface area contributed by atoms with Crippen LogP contribution in [0.3, 0.4) is 0 Å². The molecular weight excluding hydrogens is 282 g/mol. The first-order valence-electron chi connectivity index (χ1n) is 6.64. The van der Waals surface area contributed by atoms with E-state index >= 15 is 0 Å². The molecule has 2 heterocycles. The standard InChI is InChI=1S/C16H13N3O3/c20-16(21)14-10-18-19(13-6-2-1-3-7-13)15(14)22-11-12-5-4-8-17-9-12/h1-10H,11H2,(H,20,21). The highest BCUT2D eigenvalue weighted by Gasteiger charge is 2.19. The highest BCUT2D eigenvalue weighted by molar-refractivity contribution is 5.90. The first kappa shape index (κ1) is 13.8. The summed E-state index contributed by atoms with van der Waals surface area (Å²) < 4.78 is 7.16. The Bertz CT molecular complexity index is 770. The number of benzene rings is 1. The Balaban J connectivity index is 1.94. The van der Waals surface area contributed by atoms with Crippen LogP contribution in [0.4, 0.5) is 0 Å². The molecule has 0 aliphatic heterocycles. The van der Waals surface area contributed by atoms with Gasteiger partial charge >= 0.3 is 5.97 Å². The molecule has 2 aromatic heterocycles. The van der Waals surface area contributed by atoms with Crippen LogP contribution >= 0.6 is 0 Å². The molecule has 0 spiro atoms. The highest BCUT2D eigenvalue weighted by Crippen LogP contribution is 2.23. The Morgan fingerprint density at radius 1 is 1.14 bits per heavy atom. The van der Waals surface area contributed by atoms with Crippen molar-refractivity contribution in [2.24, 2.45) is 0 Å². The number of pyridine rings is 1. The fourth-order valence-corrected chi connectivity index (χ4v) is 2.01. The molecule has 0 bridgehead atoms. The Morgan fingerprint density at radius 2 is 1.95 bits per heavy atom. The summed E-state index contributed by atoms with van der Waals surface area (Å²) >= 11 is 0. The molecule has 110 valence electrons. The van der Waals surface area contributed by atoms with Crippen molar-refractivity contribution in [3.63, 3.8) is 0 Å². The zero-order chi connectivity index (χ0) is 15.4. The van der Waals surface area contributed by atoms with Gasteiger partial charge in [0.15, 0.2) is 0 Å². The second-order valence-electron chi connectivity index (χ2n) is 4.57. The van der Waals surface area contributed by atoms with Crippen LogP contribution in [0.1, 0.15) is 15.9 Å². The summed E-state index contributed by atoms with van der Waals surface area (Å²) in [7, 11) is 0. The fourth-order valence-electron chi connectivity index (χ4n) is 2.01. The molecule has 0 saturated heterocycles. The lowest BCUT2D eigenvalue weighted by Crippen LogP contribution is -2.06. The first-order chi connectivity index (χ1) is 10.8. The lowest BCUT2D eigenvalue weighted by Gasteiger charge is -2.10. The third-order valence-corrected chi connectivity index (χ3v) is 3.05. The van der Waals surface area contributed by atoms with Gasteiger partial charge in [0.2, 0.25) is 5.88 Å². The number of rotatable bonds is 5. The number of carbonyl (C=O) groups is 1. The summed E-state index contributed by atoms with van der Waals surface area (Å²) in [5.41, 5.74) is 1.60. The minimum absolute atomic E-state index is 0.0211. The predicted octanol–water partition coefficient (Wildman–Crippen LogP) is 2.54. The van der Waals surface area contributed by atoms with Crippen LogP contribution in [0, 0.1) is 0 Å². The molecule has 0 amide bonds. The molecule has 1 aromatic carbocycles. The Morgan fingerprint density at radius 3 is 2.64 bits per heavy atom. The monoisotopic (exact) mass is 295 g/mol. The quantitative estimate of drug-likeness (QED) is 0.782. The topological polar surface area (TPSA) is 77.2 Å². The molecule has 0 aliphatic rings. The minimum Gasteiger partial charge on any atom is -0.477 e. The molecule has 0 saturated carbocycles. The van der Waals surface area contributed by atoms with Gasteiger partial charge in [0, 0.05) is 18.0 Å². The van der Waals surface area contributed by atoms with Gasteiger partial charge in [-0.25, -0.2) is 9.48 Å². The largest absolute Gasteiger partial charge is 0.477 e. The van der Waals surface area contributed by atoms with Crippen molar-refractivity contribution >= 4 is 5.97 Å². The molecular formula is C16H13N3O3. The maximum absolute atomic E-state index is 11.3. The van der Waals surface area contributed by atoms with E-state index in [-0.39, 0.29) is 18.1 Å². The van der Waals surface area contributed by atoms with Crippen LogP contribution in [0.25, 0.3) is 5.69 Å². The number of aromatic carboxylic acids is 1. The second kappa shape index (κ2) is 6.09. The van der Waals surface area contributed by atoms with Gasteiger partial charge in [0.25, 0.3) is 0 Å². The Hall–Kier alpha value is -3.15. The van der Waals surface area contributed by atoms with Crippen LogP contribution in [-0.4, -0.2) is 25.8 Å². The summed E-state index contributed by atoms with van der Waals surface area (Å²) in [4.78, 5) is 15.3. The molecule has 1 N–H and O–H groups in total. The van der Waals surface area contributed by atoms with Crippen LogP contribution < -0.4 is 4.74 Å². The van der Waals surface area contributed by atoms with Crippen molar-refractivity contribution in [2.45, 2.75) is 6.61 Å². The number of hydrogen-bond acceptors (Lipinski definition) is 4. The molecule has 22 heavy (non-hydrogen) atoms. The molecule has 0 unspecified atom stereocenters. The van der Waals surface area contributed by atoms with Crippen LogP contribution in [-0.2, 0) is 6.61 Å². The van der Waals surface area contributed by atoms with Gasteiger partial charge in [-0.1, -0.05) is 24.3 Å². The molecule has 0 radical (unpaired) electrons. The van der Waals surface area contributed by atoms with E-state index in [1.54, 1.807) is 18.5 Å². The number of carboxylic acid groups (broad SMARTS) is 1. The lowest BCUT2D eigenvalue weighted by molar-refractivity contribution is 0.0691. The molecule has 6 heteroatoms. The molecule has 0 atom stereocenters. The second-order valence-corrected chi connectivity index (χ2v) is 4.57. The van der Waals surface area contributed by atoms with Gasteiger partial charge in [0.1, 0.15) is 12.2 Å². The molecule has 6 nitrogen and oxygen atoms in total. The summed E-state index contributed by atoms with van der Waals surface area (Å²) in [6, 6.07) is 12.9. The van der Waals surface area contributed by atoms with Gasteiger partial charge < -0.3 is 9.84 Å². The number of ether oxygens (including phenoxy) is 1. The average Bonchev–Trinajstić information content (AvgIpc) is 2.99. The van der Waals surface area contributed by atoms with Crippen molar-refractivity contribution < 1.29 is 14.6 Å². The van der Waals surface area contributed by atoms with Gasteiger partial charge in [0.05, 0.1) is 11.9 Å². The van der Waals surface area contributed by atoms with Crippen molar-refractivity contribution in [2.75, 3.05) is 0 Å². The number of hydrogen-bond donors (Lipinski definition) is 1. The number of para-hydroxylation sites is 1. The van der Waals surface area contributed by atoms with Crippen molar-refractivity contribution in [1.29, 1.82) is 0 Å². The average molecular weight is 295 g/mol. The number of carboxylic acids is 1. The summed E-state index contributed by atoms with van der Waals surface area (Å²) in [5.74, 6) is -0.883. The SMILES string of the molecule is O=C(O)c1cnn(-c2ccccc2)c1OCc1cccnc1. The first-order valence-corrected chi connectivity index (χ1v) is 6.64. The molecule has 3 rings (SSSR count). The predicted molar refractivity (Wildman–Crippen MR) is 79.1 cm³/mol. The third-order valence-electron chi connectivity index (χ3n) is 3.05. The number of aromatic nitrogens is 3. The van der Waals surface area contributed by atoms with Crippen LogP contribution in [0.5, 0.6) is 5.88 Å². The van der Waals surface area contributed by atoms with E-state index in [4.69, 9.17) is 4.74 Å². The van der Waals surface area contributed by atoms with Gasteiger partial charge in [-0.3, -0.25) is 4.98 Å². The van der Waals surface area contributed by atoms with E-state index in [0.29, 0.717) is 0 Å². The summed E-state index contributed by atoms with van der Waals surface area (Å²) in [6.45, 7) is 0.215. The zero-order valence-corrected chi connectivity index (χ0v) is 11.6. The maximum Gasteiger partial charge on any atom is 0.342 e. The van der Waals surface area contributed by atoms with Crippen molar-refractivity contribution in [1.82, 2.24) is 14.8 Å². The van der Waals surface area contributed by atoms with Gasteiger partial charge in [-0.15, -0.1) is 0 Å². The van der Waals surface area contributed by atoms with E-state index in [2.05, 4.69) is 10.1 Å². The van der Waals surface area contributed by atoms with E-state index in [1.807, 2.05) is 36.4 Å². The molecule has 3 aromatic rings. The Kier molecular flexibility index (Phi) is 3.82. The van der Waals surface area contributed by atoms with E-state index in [0.717, 1.165) is 11.3 Å². The van der Waals surface area contributed by atoms with E-state index in [9.17, 15) is 9.90 Å². The van der Waals surface area contributed by atoms with Crippen molar-refractivity contribution in [3.8, 4) is 11.6 Å². The van der Waals surface area contributed by atoms with Gasteiger partial charge in [-0.2, -0.15) is 5.10 Å². The fraction of sp³-hybridized carbons (Fsp3) is 0.0625. The van der Waals surface area contributed by atoms with Crippen LogP contribution in [0.15, 0.2) is 61.1 Å². The maximum atomic E-state index is 11.3. The van der Waals surface area contributed by atoms with E-state index < -0.39 is 5.97 Å². The third kappa shape index (κ3) is 2.80. The van der Waals surface area contributed by atoms with Gasteiger partial charge in [-0.05, 0) is 18.2 Å².